The molecule has 0 saturated carbocycles. The summed E-state index contributed by atoms with van der Waals surface area (Å²) < 4.78 is 50.8. The van der Waals surface area contributed by atoms with Crippen molar-refractivity contribution in [2.45, 2.75) is 25.1 Å². The summed E-state index contributed by atoms with van der Waals surface area (Å²) in [4.78, 5) is 28.2. The van der Waals surface area contributed by atoms with Crippen molar-refractivity contribution >= 4 is 24.1 Å². The first kappa shape index (κ1) is 24.5. The molecular formula is C26H24F2N5O4P. The second-order valence-corrected chi connectivity index (χ2v) is 13.3. The van der Waals surface area contributed by atoms with Gasteiger partial charge in [-0.1, -0.05) is 12.1 Å². The number of hydrogen-bond donors (Lipinski definition) is 0. The Morgan fingerprint density at radius 3 is 2.58 bits per heavy atom. The molecule has 2 atom stereocenters. The fraction of sp³-hybridized carbons (Fsp3) is 0.308. The summed E-state index contributed by atoms with van der Waals surface area (Å²) in [6.45, 7) is 0.243. The average Bonchev–Trinajstić information content (AvgIpc) is 3.40. The molecular weight excluding hydrogens is 515 g/mol. The van der Waals surface area contributed by atoms with Gasteiger partial charge in [0.05, 0.1) is 23.1 Å². The molecule has 2 aliphatic rings. The fourth-order valence-electron chi connectivity index (χ4n) is 5.21. The van der Waals surface area contributed by atoms with E-state index >= 15 is 0 Å². The lowest BCUT2D eigenvalue weighted by molar-refractivity contribution is -0.0507. The summed E-state index contributed by atoms with van der Waals surface area (Å²) in [5, 5.41) is 0. The summed E-state index contributed by atoms with van der Waals surface area (Å²) in [5.41, 5.74) is 3.85. The van der Waals surface area contributed by atoms with Gasteiger partial charge in [0.1, 0.15) is 25.1 Å². The molecule has 0 saturated heterocycles. The Hall–Kier alpha value is -3.85. The zero-order chi connectivity index (χ0) is 26.8. The van der Waals surface area contributed by atoms with E-state index in [9.17, 15) is 18.1 Å². The van der Waals surface area contributed by atoms with Crippen molar-refractivity contribution in [1.82, 2.24) is 24.4 Å². The first-order chi connectivity index (χ1) is 18.1. The first-order valence-electron chi connectivity index (χ1n) is 12.0. The van der Waals surface area contributed by atoms with Crippen LogP contribution in [0.5, 0.6) is 11.8 Å². The van der Waals surface area contributed by atoms with Crippen molar-refractivity contribution in [2.75, 3.05) is 26.7 Å². The van der Waals surface area contributed by atoms with Gasteiger partial charge in [0.2, 0.25) is 0 Å². The van der Waals surface area contributed by atoms with Crippen LogP contribution >= 0.6 is 7.14 Å². The Morgan fingerprint density at radius 1 is 1.11 bits per heavy atom. The van der Waals surface area contributed by atoms with Crippen LogP contribution in [0.3, 0.4) is 0 Å². The Morgan fingerprint density at radius 2 is 1.87 bits per heavy atom. The molecule has 4 heterocycles. The van der Waals surface area contributed by atoms with Gasteiger partial charge >= 0.3 is 12.6 Å². The Bertz CT molecular complexity index is 1620. The van der Waals surface area contributed by atoms with Gasteiger partial charge < -0.3 is 23.5 Å². The molecule has 0 unspecified atom stereocenters. The van der Waals surface area contributed by atoms with Gasteiger partial charge in [0, 0.05) is 42.6 Å². The summed E-state index contributed by atoms with van der Waals surface area (Å²) in [7, 11) is -0.666. The lowest BCUT2D eigenvalue weighted by Gasteiger charge is -2.24. The minimum absolute atomic E-state index is 0.0107. The molecule has 38 heavy (non-hydrogen) atoms. The number of halogens is 2. The van der Waals surface area contributed by atoms with Gasteiger partial charge in [-0.2, -0.15) is 8.78 Å². The van der Waals surface area contributed by atoms with Crippen LogP contribution in [0.2, 0.25) is 0 Å². The molecule has 9 nitrogen and oxygen atoms in total. The average molecular weight is 539 g/mol. The highest BCUT2D eigenvalue weighted by Crippen LogP contribution is 2.50. The topological polar surface area (TPSA) is 99.4 Å². The molecule has 2 aliphatic heterocycles. The predicted molar refractivity (Wildman–Crippen MR) is 136 cm³/mol. The monoisotopic (exact) mass is 539 g/mol. The number of amides is 1. The molecule has 0 fully saturated rings. The van der Waals surface area contributed by atoms with Crippen molar-refractivity contribution in [3.63, 3.8) is 0 Å². The third-order valence-corrected chi connectivity index (χ3v) is 7.62. The minimum Gasteiger partial charge on any atom is -0.456 e. The predicted octanol–water partition coefficient (Wildman–Crippen LogP) is 5.17. The maximum atomic E-state index is 13.3. The van der Waals surface area contributed by atoms with E-state index in [4.69, 9.17) is 14.5 Å². The highest BCUT2D eigenvalue weighted by molar-refractivity contribution is 7.62. The van der Waals surface area contributed by atoms with Crippen LogP contribution in [0, 0.1) is 0 Å². The number of rotatable bonds is 6. The van der Waals surface area contributed by atoms with E-state index in [2.05, 4.69) is 9.97 Å². The van der Waals surface area contributed by atoms with E-state index < -0.39 is 19.8 Å². The number of nitrogens with zero attached hydrogens (tertiary/aromatic N) is 5. The number of alkyl halides is 2. The van der Waals surface area contributed by atoms with E-state index in [1.807, 2.05) is 22.8 Å². The number of ether oxygens (including phenoxy) is 2. The number of carbonyl (C=O) groups is 1. The number of fused-ring (bicyclic) bond motifs is 9. The molecule has 2 aromatic carbocycles. The van der Waals surface area contributed by atoms with Crippen LogP contribution in [0.25, 0.3) is 22.2 Å². The smallest absolute Gasteiger partial charge is 0.387 e. The number of imidazole rings is 1. The van der Waals surface area contributed by atoms with Gasteiger partial charge in [-0.3, -0.25) is 4.79 Å². The number of benzene rings is 2. The van der Waals surface area contributed by atoms with Crippen molar-refractivity contribution in [1.29, 1.82) is 0 Å². The molecule has 4 aromatic rings. The molecule has 2 aromatic heterocycles. The number of carbonyl (C=O) groups excluding carboxylic acids is 1. The zero-order valence-electron chi connectivity index (χ0n) is 20.8. The van der Waals surface area contributed by atoms with Crippen molar-refractivity contribution in [2.24, 2.45) is 0 Å². The SMILES string of the molecule is CN1C(=O)c2cccc(OC(F)F)c2[C@H]2C[C@@H]1c1nc3ccc(-c4cnc(OCP(C)(C)=O)nc4)cc3n12. The van der Waals surface area contributed by atoms with Gasteiger partial charge in [-0.15, -0.1) is 0 Å². The van der Waals surface area contributed by atoms with Crippen LogP contribution in [0.4, 0.5) is 8.78 Å². The van der Waals surface area contributed by atoms with Gasteiger partial charge in [-0.05, 0) is 43.2 Å². The maximum absolute atomic E-state index is 13.3. The van der Waals surface area contributed by atoms with Crippen LogP contribution in [0.15, 0.2) is 48.8 Å². The van der Waals surface area contributed by atoms with E-state index in [1.54, 1.807) is 49.8 Å². The highest BCUT2D eigenvalue weighted by atomic mass is 31.2. The highest BCUT2D eigenvalue weighted by Gasteiger charge is 2.45. The minimum atomic E-state index is -3.02. The van der Waals surface area contributed by atoms with Gasteiger partial charge in [-0.25, -0.2) is 15.0 Å². The maximum Gasteiger partial charge on any atom is 0.387 e. The third-order valence-electron chi connectivity index (χ3n) is 6.87. The van der Waals surface area contributed by atoms with E-state index in [-0.39, 0.29) is 30.1 Å². The summed E-state index contributed by atoms with van der Waals surface area (Å²) in [5.74, 6) is 0.427. The largest absolute Gasteiger partial charge is 0.456 e. The molecule has 0 radical (unpaired) electrons. The summed E-state index contributed by atoms with van der Waals surface area (Å²) in [6, 6.07) is 9.81. The third kappa shape index (κ3) is 4.11. The van der Waals surface area contributed by atoms with Crippen LogP contribution in [-0.4, -0.2) is 63.7 Å². The normalized spacial score (nSPS) is 18.5. The van der Waals surface area contributed by atoms with Gasteiger partial charge in [0.15, 0.2) is 0 Å². The molecule has 0 N–H and O–H groups in total. The van der Waals surface area contributed by atoms with E-state index in [1.165, 1.54) is 6.07 Å². The summed E-state index contributed by atoms with van der Waals surface area (Å²) in [6.07, 6.45) is 3.80. The second kappa shape index (κ2) is 8.87. The van der Waals surface area contributed by atoms with Crippen molar-refractivity contribution in [3.8, 4) is 22.9 Å². The molecule has 6 rings (SSSR count). The number of hydrogen-bond acceptors (Lipinski definition) is 7. The zero-order valence-corrected chi connectivity index (χ0v) is 21.7. The lowest BCUT2D eigenvalue weighted by atomic mass is 9.97. The fourth-order valence-corrected chi connectivity index (χ4v) is 5.64. The standard InChI is InChI=1S/C26H24F2N5O4P/c1-32-20-10-19(22-16(24(32)34)5-4-6-21(22)37-25(27)28)33-18-9-14(7-8-17(18)31-23(20)33)15-11-29-26(30-12-15)36-13-38(2,3)35/h4-9,11-12,19-20,25H,10,13H2,1-3H3/t19-,20-/m1/s1. The molecule has 12 heteroatoms. The molecule has 196 valence electrons. The molecule has 0 aliphatic carbocycles. The van der Waals surface area contributed by atoms with E-state index in [0.29, 0.717) is 23.4 Å². The van der Waals surface area contributed by atoms with E-state index in [0.717, 1.165) is 22.2 Å². The quantitative estimate of drug-likeness (QED) is 0.312. The second-order valence-electron chi connectivity index (χ2n) is 9.92. The van der Waals surface area contributed by atoms with Crippen LogP contribution < -0.4 is 9.47 Å². The van der Waals surface area contributed by atoms with Crippen LogP contribution in [0.1, 0.15) is 40.3 Å². The first-order valence-corrected chi connectivity index (χ1v) is 14.8. The Kier molecular flexibility index (Phi) is 5.72. The van der Waals surface area contributed by atoms with Crippen LogP contribution in [-0.2, 0) is 4.57 Å². The molecule has 2 bridgehead atoms. The Balaban J connectivity index is 1.44. The Labute approximate surface area is 216 Å². The lowest BCUT2D eigenvalue weighted by Crippen LogP contribution is -2.30. The summed E-state index contributed by atoms with van der Waals surface area (Å²) >= 11 is 0. The van der Waals surface area contributed by atoms with Crippen molar-refractivity contribution in [3.05, 3.63) is 65.7 Å². The van der Waals surface area contributed by atoms with Gasteiger partial charge in [0.25, 0.3) is 5.91 Å². The number of aromatic nitrogens is 4. The molecule has 0 spiro atoms. The molecule has 1 amide bonds. The van der Waals surface area contributed by atoms with Crippen molar-refractivity contribution < 1.29 is 27.6 Å².